The third kappa shape index (κ3) is 6.00. The van der Waals surface area contributed by atoms with Crippen LogP contribution in [0.1, 0.15) is 12.5 Å². The summed E-state index contributed by atoms with van der Waals surface area (Å²) in [5.74, 6) is 1.64. The van der Waals surface area contributed by atoms with Crippen LogP contribution in [-0.2, 0) is 4.79 Å². The first-order valence-corrected chi connectivity index (χ1v) is 7.95. The molecule has 0 aliphatic heterocycles. The number of benzene rings is 2. The van der Waals surface area contributed by atoms with Crippen LogP contribution in [0.3, 0.4) is 0 Å². The summed E-state index contributed by atoms with van der Waals surface area (Å²) >= 11 is 5.99. The lowest BCUT2D eigenvalue weighted by atomic mass is 10.2. The predicted octanol–water partition coefficient (Wildman–Crippen LogP) is 3.28. The zero-order valence-corrected chi connectivity index (χ0v) is 14.7. The molecule has 7 heteroatoms. The quantitative estimate of drug-likeness (QED) is 0.444. The second kappa shape index (κ2) is 9.54. The Morgan fingerprint density at radius 2 is 1.80 bits per heavy atom. The summed E-state index contributed by atoms with van der Waals surface area (Å²) in [6, 6.07) is 12.5. The Morgan fingerprint density at radius 1 is 1.12 bits per heavy atom. The molecular formula is C18H19ClN2O4. The number of hydrazone groups is 1. The Kier molecular flexibility index (Phi) is 7.10. The van der Waals surface area contributed by atoms with Gasteiger partial charge in [-0.25, -0.2) is 5.43 Å². The van der Waals surface area contributed by atoms with Crippen LogP contribution < -0.4 is 19.6 Å². The van der Waals surface area contributed by atoms with Crippen LogP contribution in [-0.4, -0.2) is 32.4 Å². The SMILES string of the molecule is COc1ccccc1OCCOc1ccc(Cl)cc1/C=N/NC(C)=O. The standard InChI is InChI=1S/C18H19ClN2O4/c1-13(22)21-20-12-14-11-15(19)7-8-16(14)24-9-10-25-18-6-4-3-5-17(18)23-2/h3-8,11-12H,9-10H2,1-2H3,(H,21,22)/b20-12+. The van der Waals surface area contributed by atoms with Gasteiger partial charge in [0.1, 0.15) is 19.0 Å². The molecule has 2 aromatic rings. The Hall–Kier alpha value is -2.73. The Balaban J connectivity index is 1.94. The van der Waals surface area contributed by atoms with E-state index in [9.17, 15) is 4.79 Å². The molecule has 0 atom stereocenters. The largest absolute Gasteiger partial charge is 0.493 e. The summed E-state index contributed by atoms with van der Waals surface area (Å²) in [6.07, 6.45) is 1.48. The van der Waals surface area contributed by atoms with Gasteiger partial charge in [0.05, 0.1) is 13.3 Å². The topological polar surface area (TPSA) is 69.2 Å². The van der Waals surface area contributed by atoms with Crippen molar-refractivity contribution in [1.82, 2.24) is 5.43 Å². The zero-order chi connectivity index (χ0) is 18.1. The van der Waals surface area contributed by atoms with Gasteiger partial charge in [0.2, 0.25) is 5.91 Å². The Labute approximate surface area is 151 Å². The molecular weight excluding hydrogens is 344 g/mol. The number of rotatable bonds is 8. The van der Waals surface area contributed by atoms with Crippen molar-refractivity contribution in [3.63, 3.8) is 0 Å². The van der Waals surface area contributed by atoms with Crippen LogP contribution in [0.2, 0.25) is 5.02 Å². The minimum Gasteiger partial charge on any atom is -0.493 e. The van der Waals surface area contributed by atoms with Gasteiger partial charge in [-0.15, -0.1) is 0 Å². The van der Waals surface area contributed by atoms with E-state index in [0.29, 0.717) is 41.0 Å². The van der Waals surface area contributed by atoms with Crippen molar-refractivity contribution in [2.75, 3.05) is 20.3 Å². The lowest BCUT2D eigenvalue weighted by Gasteiger charge is -2.12. The Morgan fingerprint density at radius 3 is 2.48 bits per heavy atom. The van der Waals surface area contributed by atoms with Gasteiger partial charge >= 0.3 is 0 Å². The van der Waals surface area contributed by atoms with Crippen molar-refractivity contribution in [2.24, 2.45) is 5.10 Å². The number of hydrogen-bond donors (Lipinski definition) is 1. The molecule has 1 N–H and O–H groups in total. The average Bonchev–Trinajstić information content (AvgIpc) is 2.60. The lowest BCUT2D eigenvalue weighted by molar-refractivity contribution is -0.118. The smallest absolute Gasteiger partial charge is 0.236 e. The maximum absolute atomic E-state index is 10.9. The molecule has 2 aromatic carbocycles. The first-order valence-electron chi connectivity index (χ1n) is 7.58. The summed E-state index contributed by atoms with van der Waals surface area (Å²) in [5, 5.41) is 4.37. The van der Waals surface area contributed by atoms with Crippen LogP contribution in [0.25, 0.3) is 0 Å². The first-order chi connectivity index (χ1) is 12.1. The van der Waals surface area contributed by atoms with E-state index in [4.69, 9.17) is 25.8 Å². The molecule has 0 bridgehead atoms. The number of para-hydroxylation sites is 2. The number of nitrogens with one attached hydrogen (secondary N) is 1. The number of halogens is 1. The monoisotopic (exact) mass is 362 g/mol. The molecule has 25 heavy (non-hydrogen) atoms. The summed E-state index contributed by atoms with van der Waals surface area (Å²) < 4.78 is 16.6. The van der Waals surface area contributed by atoms with E-state index < -0.39 is 0 Å². The highest BCUT2D eigenvalue weighted by atomic mass is 35.5. The van der Waals surface area contributed by atoms with Gasteiger partial charge < -0.3 is 14.2 Å². The number of carbonyl (C=O) groups is 1. The van der Waals surface area contributed by atoms with Gasteiger partial charge in [-0.2, -0.15) is 5.10 Å². The Bertz CT molecular complexity index is 750. The van der Waals surface area contributed by atoms with Crippen molar-refractivity contribution in [2.45, 2.75) is 6.92 Å². The van der Waals surface area contributed by atoms with E-state index in [1.54, 1.807) is 25.3 Å². The molecule has 0 aliphatic carbocycles. The summed E-state index contributed by atoms with van der Waals surface area (Å²) in [7, 11) is 1.59. The number of methoxy groups -OCH3 is 1. The number of nitrogens with zero attached hydrogens (tertiary/aromatic N) is 1. The van der Waals surface area contributed by atoms with Crippen LogP contribution in [0.15, 0.2) is 47.6 Å². The van der Waals surface area contributed by atoms with E-state index in [0.717, 1.165) is 0 Å². The van der Waals surface area contributed by atoms with Crippen LogP contribution in [0.5, 0.6) is 17.2 Å². The maximum Gasteiger partial charge on any atom is 0.236 e. The van der Waals surface area contributed by atoms with Crippen LogP contribution >= 0.6 is 11.6 Å². The van der Waals surface area contributed by atoms with E-state index >= 15 is 0 Å². The van der Waals surface area contributed by atoms with Gasteiger partial charge in [-0.05, 0) is 30.3 Å². The van der Waals surface area contributed by atoms with Gasteiger partial charge in [0.25, 0.3) is 0 Å². The summed E-state index contributed by atoms with van der Waals surface area (Å²) in [6.45, 7) is 2.04. The highest BCUT2D eigenvalue weighted by Crippen LogP contribution is 2.26. The molecule has 6 nitrogen and oxygen atoms in total. The number of hydrogen-bond acceptors (Lipinski definition) is 5. The third-order valence-electron chi connectivity index (χ3n) is 3.07. The fraction of sp³-hybridized carbons (Fsp3) is 0.222. The molecule has 0 saturated heterocycles. The molecule has 132 valence electrons. The van der Waals surface area contributed by atoms with Crippen LogP contribution in [0, 0.1) is 0 Å². The minimum absolute atomic E-state index is 0.258. The predicted molar refractivity (Wildman–Crippen MR) is 96.8 cm³/mol. The highest BCUT2D eigenvalue weighted by Gasteiger charge is 2.05. The molecule has 0 aliphatic rings. The second-order valence-corrected chi connectivity index (χ2v) is 5.39. The van der Waals surface area contributed by atoms with Crippen molar-refractivity contribution in [1.29, 1.82) is 0 Å². The van der Waals surface area contributed by atoms with Crippen LogP contribution in [0.4, 0.5) is 0 Å². The van der Waals surface area contributed by atoms with E-state index in [1.807, 2.05) is 24.3 Å². The number of ether oxygens (including phenoxy) is 3. The molecule has 0 aromatic heterocycles. The molecule has 0 fully saturated rings. The van der Waals surface area contributed by atoms with Gasteiger partial charge in [0.15, 0.2) is 11.5 Å². The van der Waals surface area contributed by atoms with E-state index in [-0.39, 0.29) is 5.91 Å². The molecule has 0 saturated carbocycles. The molecule has 0 unspecified atom stereocenters. The molecule has 0 heterocycles. The van der Waals surface area contributed by atoms with Crippen molar-refractivity contribution < 1.29 is 19.0 Å². The highest BCUT2D eigenvalue weighted by molar-refractivity contribution is 6.30. The second-order valence-electron chi connectivity index (χ2n) is 4.96. The van der Waals surface area contributed by atoms with Gasteiger partial charge in [-0.1, -0.05) is 23.7 Å². The summed E-state index contributed by atoms with van der Waals surface area (Å²) in [4.78, 5) is 10.9. The molecule has 0 spiro atoms. The number of amides is 1. The summed E-state index contributed by atoms with van der Waals surface area (Å²) in [5.41, 5.74) is 2.99. The van der Waals surface area contributed by atoms with Gasteiger partial charge in [-0.3, -0.25) is 4.79 Å². The first kappa shape index (κ1) is 18.6. The lowest BCUT2D eigenvalue weighted by Crippen LogP contribution is -2.13. The number of carbonyl (C=O) groups excluding carboxylic acids is 1. The van der Waals surface area contributed by atoms with Crippen molar-refractivity contribution in [3.05, 3.63) is 53.1 Å². The fourth-order valence-electron chi connectivity index (χ4n) is 1.99. The third-order valence-corrected chi connectivity index (χ3v) is 3.30. The maximum atomic E-state index is 10.9. The van der Waals surface area contributed by atoms with E-state index in [1.165, 1.54) is 13.1 Å². The fourth-order valence-corrected chi connectivity index (χ4v) is 2.17. The molecule has 0 radical (unpaired) electrons. The molecule has 2 rings (SSSR count). The molecule has 1 amide bonds. The van der Waals surface area contributed by atoms with Gasteiger partial charge in [0, 0.05) is 17.5 Å². The average molecular weight is 363 g/mol. The van der Waals surface area contributed by atoms with E-state index in [2.05, 4.69) is 10.5 Å². The van der Waals surface area contributed by atoms with Crippen molar-refractivity contribution in [3.8, 4) is 17.2 Å². The zero-order valence-electron chi connectivity index (χ0n) is 14.0. The minimum atomic E-state index is -0.258. The normalized spacial score (nSPS) is 10.5. The van der Waals surface area contributed by atoms with Crippen molar-refractivity contribution >= 4 is 23.7 Å².